The van der Waals surface area contributed by atoms with Crippen LogP contribution in [0.25, 0.3) is 6.08 Å². The number of nitrogens with zero attached hydrogens (tertiary/aromatic N) is 2. The van der Waals surface area contributed by atoms with E-state index in [-0.39, 0.29) is 11.8 Å². The summed E-state index contributed by atoms with van der Waals surface area (Å²) in [7, 11) is 0. The van der Waals surface area contributed by atoms with E-state index in [2.05, 4.69) is 53.2 Å². The first-order valence-corrected chi connectivity index (χ1v) is 16.3. The fourth-order valence-corrected chi connectivity index (χ4v) is 8.09. The minimum atomic E-state index is -0.0255. The molecule has 0 aromatic heterocycles. The third-order valence-corrected chi connectivity index (χ3v) is 10.4. The van der Waals surface area contributed by atoms with E-state index >= 15 is 0 Å². The molecule has 3 atom stereocenters. The molecule has 1 N–H and O–H groups in total. The van der Waals surface area contributed by atoms with Crippen LogP contribution in [0.2, 0.25) is 0 Å². The number of nitrogens with one attached hydrogen (secondary N) is 1. The molecule has 1 aliphatic carbocycles. The van der Waals surface area contributed by atoms with Gasteiger partial charge < -0.3 is 15.1 Å². The molecular formula is C34H45N3O2S. The average molecular weight is 560 g/mol. The molecule has 40 heavy (non-hydrogen) atoms. The predicted molar refractivity (Wildman–Crippen MR) is 166 cm³/mol. The molecule has 0 spiro atoms. The fraction of sp³-hybridized carbons (Fsp3) is 0.529. The number of fused-ring (bicyclic) bond motifs is 1. The van der Waals surface area contributed by atoms with Gasteiger partial charge in [-0.1, -0.05) is 62.6 Å². The molecule has 1 saturated carbocycles. The number of thioether (sulfide) groups is 1. The van der Waals surface area contributed by atoms with Crippen LogP contribution in [-0.2, 0) is 11.3 Å². The zero-order chi connectivity index (χ0) is 27.9. The molecule has 6 heteroatoms. The molecule has 5 rings (SSSR count). The number of likely N-dealkylation sites (tertiary alicyclic amines) is 1. The Morgan fingerprint density at radius 1 is 1.02 bits per heavy atom. The SMILES string of the molecule is CCC1CCCCN1CCCNC(=O)c1ccc(/C=C2/SC3CCCCC3N(Cc3ccccc3C)C2=O)cc1. The van der Waals surface area contributed by atoms with Gasteiger partial charge in [0, 0.05) is 42.5 Å². The molecule has 2 aromatic rings. The topological polar surface area (TPSA) is 52.7 Å². The molecule has 5 nitrogen and oxygen atoms in total. The first-order valence-electron chi connectivity index (χ1n) is 15.4. The lowest BCUT2D eigenvalue weighted by Crippen LogP contribution is -2.50. The van der Waals surface area contributed by atoms with Gasteiger partial charge in [-0.3, -0.25) is 9.59 Å². The number of carbonyl (C=O) groups excluding carboxylic acids is 2. The molecule has 2 saturated heterocycles. The van der Waals surface area contributed by atoms with Crippen LogP contribution in [0.1, 0.15) is 91.8 Å². The summed E-state index contributed by atoms with van der Waals surface area (Å²) in [5, 5.41) is 3.55. The van der Waals surface area contributed by atoms with Crippen molar-refractivity contribution in [1.29, 1.82) is 0 Å². The third-order valence-electron chi connectivity index (χ3n) is 9.02. The highest BCUT2D eigenvalue weighted by atomic mass is 32.2. The van der Waals surface area contributed by atoms with Gasteiger partial charge in [-0.2, -0.15) is 0 Å². The van der Waals surface area contributed by atoms with E-state index < -0.39 is 0 Å². The molecular weight excluding hydrogens is 514 g/mol. The summed E-state index contributed by atoms with van der Waals surface area (Å²) in [4.78, 5) is 32.1. The summed E-state index contributed by atoms with van der Waals surface area (Å²) in [5.41, 5.74) is 4.09. The standard InChI is InChI=1S/C34H45N3O2S/c1-3-29-13-8-9-21-36(29)22-10-20-35-33(38)27-18-16-26(17-19-27)23-32-34(39)37(24-28-12-5-4-11-25(28)2)30-14-6-7-15-31(30)40-32/h4-5,11-12,16-19,23,29-31H,3,6-10,13-15,20-22,24H2,1-2H3,(H,35,38)/b32-23+. The van der Waals surface area contributed by atoms with Crippen LogP contribution in [-0.4, -0.2) is 58.6 Å². The van der Waals surface area contributed by atoms with Crippen LogP contribution >= 0.6 is 11.8 Å². The summed E-state index contributed by atoms with van der Waals surface area (Å²) in [6, 6.07) is 17.1. The van der Waals surface area contributed by atoms with Crippen LogP contribution in [0.3, 0.4) is 0 Å². The van der Waals surface area contributed by atoms with Gasteiger partial charge >= 0.3 is 0 Å². The normalized spacial score (nSPS) is 24.6. The van der Waals surface area contributed by atoms with Gasteiger partial charge in [-0.05, 0) is 86.9 Å². The highest BCUT2D eigenvalue weighted by Crippen LogP contribution is 2.42. The van der Waals surface area contributed by atoms with Crippen LogP contribution in [0.4, 0.5) is 0 Å². The van der Waals surface area contributed by atoms with Crippen molar-refractivity contribution in [3.63, 3.8) is 0 Å². The second kappa shape index (κ2) is 13.9. The van der Waals surface area contributed by atoms with Crippen molar-refractivity contribution in [2.45, 2.75) is 95.5 Å². The third kappa shape index (κ3) is 7.01. The molecule has 0 radical (unpaired) electrons. The van der Waals surface area contributed by atoms with Crippen molar-refractivity contribution < 1.29 is 9.59 Å². The number of rotatable bonds is 9. The van der Waals surface area contributed by atoms with Crippen LogP contribution in [0, 0.1) is 6.92 Å². The average Bonchev–Trinajstić information content (AvgIpc) is 2.99. The van der Waals surface area contributed by atoms with Crippen LogP contribution in [0.5, 0.6) is 0 Å². The Hall–Kier alpha value is -2.57. The largest absolute Gasteiger partial charge is 0.352 e. The van der Waals surface area contributed by atoms with Gasteiger partial charge in [0.1, 0.15) is 0 Å². The second-order valence-corrected chi connectivity index (χ2v) is 13.0. The van der Waals surface area contributed by atoms with E-state index in [9.17, 15) is 9.59 Å². The van der Waals surface area contributed by atoms with Crippen LogP contribution in [0.15, 0.2) is 53.4 Å². The number of hydrogen-bond donors (Lipinski definition) is 1. The van der Waals surface area contributed by atoms with Gasteiger partial charge in [0.2, 0.25) is 0 Å². The lowest BCUT2D eigenvalue weighted by atomic mass is 9.92. The second-order valence-electron chi connectivity index (χ2n) is 11.7. The molecule has 2 amide bonds. The molecule has 3 unspecified atom stereocenters. The summed E-state index contributed by atoms with van der Waals surface area (Å²) in [5.74, 6) is 0.111. The number of aryl methyl sites for hydroxylation is 1. The van der Waals surface area contributed by atoms with Crippen molar-refractivity contribution in [3.8, 4) is 0 Å². The quantitative estimate of drug-likeness (QED) is 0.271. The van der Waals surface area contributed by atoms with E-state index in [0.29, 0.717) is 36.0 Å². The van der Waals surface area contributed by atoms with E-state index in [1.165, 1.54) is 56.2 Å². The van der Waals surface area contributed by atoms with Crippen molar-refractivity contribution in [2.75, 3.05) is 19.6 Å². The van der Waals surface area contributed by atoms with Gasteiger partial charge in [0.15, 0.2) is 0 Å². The van der Waals surface area contributed by atoms with Crippen molar-refractivity contribution in [3.05, 3.63) is 75.7 Å². The molecule has 214 valence electrons. The molecule has 2 heterocycles. The monoisotopic (exact) mass is 559 g/mol. The Balaban J connectivity index is 1.20. The number of carbonyl (C=O) groups is 2. The van der Waals surface area contributed by atoms with E-state index in [4.69, 9.17) is 0 Å². The zero-order valence-electron chi connectivity index (χ0n) is 24.2. The Kier molecular flexibility index (Phi) is 10.0. The Morgan fingerprint density at radius 2 is 1.80 bits per heavy atom. The Morgan fingerprint density at radius 3 is 2.60 bits per heavy atom. The van der Waals surface area contributed by atoms with E-state index in [1.54, 1.807) is 11.8 Å². The van der Waals surface area contributed by atoms with E-state index in [0.717, 1.165) is 36.3 Å². The van der Waals surface area contributed by atoms with Crippen molar-refractivity contribution >= 4 is 29.7 Å². The molecule has 2 aromatic carbocycles. The molecule has 3 aliphatic rings. The minimum absolute atomic E-state index is 0.0255. The predicted octanol–water partition coefficient (Wildman–Crippen LogP) is 6.81. The fourth-order valence-electron chi connectivity index (χ4n) is 6.62. The van der Waals surface area contributed by atoms with E-state index in [1.807, 2.05) is 30.3 Å². The number of hydrogen-bond acceptors (Lipinski definition) is 4. The zero-order valence-corrected chi connectivity index (χ0v) is 25.1. The highest BCUT2D eigenvalue weighted by molar-refractivity contribution is 8.04. The first-order chi connectivity index (χ1) is 19.5. The van der Waals surface area contributed by atoms with Crippen molar-refractivity contribution in [1.82, 2.24) is 15.1 Å². The number of piperidine rings is 1. The molecule has 3 fully saturated rings. The van der Waals surface area contributed by atoms with Gasteiger partial charge in [0.05, 0.1) is 4.91 Å². The Labute approximate surface area is 244 Å². The molecule has 2 aliphatic heterocycles. The maximum absolute atomic E-state index is 13.7. The number of amides is 2. The summed E-state index contributed by atoms with van der Waals surface area (Å²) in [6.45, 7) is 8.01. The summed E-state index contributed by atoms with van der Waals surface area (Å²) in [6.07, 6.45) is 12.8. The lowest BCUT2D eigenvalue weighted by molar-refractivity contribution is -0.130. The molecule has 0 bridgehead atoms. The maximum atomic E-state index is 13.7. The van der Waals surface area contributed by atoms with Crippen LogP contribution < -0.4 is 5.32 Å². The van der Waals surface area contributed by atoms with Gasteiger partial charge in [-0.15, -0.1) is 11.8 Å². The van der Waals surface area contributed by atoms with Crippen molar-refractivity contribution in [2.24, 2.45) is 0 Å². The van der Waals surface area contributed by atoms with Gasteiger partial charge in [-0.25, -0.2) is 0 Å². The Bertz CT molecular complexity index is 1190. The highest BCUT2D eigenvalue weighted by Gasteiger charge is 2.40. The lowest BCUT2D eigenvalue weighted by Gasteiger charge is -2.44. The van der Waals surface area contributed by atoms with Gasteiger partial charge in [0.25, 0.3) is 11.8 Å². The summed E-state index contributed by atoms with van der Waals surface area (Å²) < 4.78 is 0. The summed E-state index contributed by atoms with van der Waals surface area (Å²) >= 11 is 1.76. The minimum Gasteiger partial charge on any atom is -0.352 e. The maximum Gasteiger partial charge on any atom is 0.260 e. The smallest absolute Gasteiger partial charge is 0.260 e. The number of benzene rings is 2. The first kappa shape index (κ1) is 28.9.